The smallest absolute Gasteiger partial charge is 0.270 e. The second-order valence-corrected chi connectivity index (χ2v) is 5.44. The van der Waals surface area contributed by atoms with Crippen molar-refractivity contribution in [3.63, 3.8) is 0 Å². The molecule has 3 rings (SSSR count). The number of hydrogen-bond donors (Lipinski definition) is 1. The van der Waals surface area contributed by atoms with Gasteiger partial charge in [-0.15, -0.1) is 5.10 Å². The van der Waals surface area contributed by atoms with Crippen molar-refractivity contribution in [2.45, 2.75) is 0 Å². The Morgan fingerprint density at radius 3 is 2.92 bits per heavy atom. The van der Waals surface area contributed by atoms with Crippen molar-refractivity contribution in [3.8, 4) is 0 Å². The van der Waals surface area contributed by atoms with E-state index in [1.807, 2.05) is 0 Å². The van der Waals surface area contributed by atoms with E-state index in [1.165, 1.54) is 24.5 Å². The van der Waals surface area contributed by atoms with Crippen molar-refractivity contribution < 1.29 is 9.66 Å². The normalized spacial score (nSPS) is 15.4. The zero-order chi connectivity index (χ0) is 18.4. The highest BCUT2D eigenvalue weighted by Gasteiger charge is 2.14. The van der Waals surface area contributed by atoms with Crippen LogP contribution in [0.2, 0.25) is 0 Å². The number of ether oxygens (including phenoxy) is 1. The molecule has 0 aliphatic carbocycles. The lowest BCUT2D eigenvalue weighted by molar-refractivity contribution is -0.384. The number of non-ortho nitro benzene ring substituents is 1. The van der Waals surface area contributed by atoms with Crippen molar-refractivity contribution in [3.05, 3.63) is 58.0 Å². The Morgan fingerprint density at radius 1 is 1.35 bits per heavy atom. The molecule has 26 heavy (non-hydrogen) atoms. The first kappa shape index (κ1) is 17.4. The summed E-state index contributed by atoms with van der Waals surface area (Å²) < 4.78 is 5.32. The summed E-state index contributed by atoms with van der Waals surface area (Å²) in [6, 6.07) is 6.06. The molecule has 0 atom stereocenters. The monoisotopic (exact) mass is 355 g/mol. The molecule has 1 aromatic heterocycles. The van der Waals surface area contributed by atoms with E-state index in [0.29, 0.717) is 30.3 Å². The number of nitro benzene ring substituents is 1. The lowest BCUT2D eigenvalue weighted by Gasteiger charge is -2.27. The summed E-state index contributed by atoms with van der Waals surface area (Å²) in [5, 5.41) is 18.5. The van der Waals surface area contributed by atoms with Crippen LogP contribution in [0, 0.1) is 10.1 Å². The summed E-state index contributed by atoms with van der Waals surface area (Å²) in [7, 11) is 0. The molecule has 1 aliphatic heterocycles. The van der Waals surface area contributed by atoms with Gasteiger partial charge in [-0.3, -0.25) is 15.1 Å². The van der Waals surface area contributed by atoms with Crippen LogP contribution in [-0.2, 0) is 4.74 Å². The SMILES string of the molecule is N/C(=N\N=C\c1cccc([N+](=O)[O-])c1)c1cncc(N2CCOCC2)n1. The topological polar surface area (TPSA) is 132 Å². The van der Waals surface area contributed by atoms with Gasteiger partial charge in [0.25, 0.3) is 5.69 Å². The fourth-order valence-corrected chi connectivity index (χ4v) is 2.35. The third kappa shape index (κ3) is 4.36. The molecule has 1 aliphatic rings. The predicted octanol–water partition coefficient (Wildman–Crippen LogP) is 0.961. The summed E-state index contributed by atoms with van der Waals surface area (Å²) in [5.41, 5.74) is 6.85. The Hall–Kier alpha value is -3.40. The van der Waals surface area contributed by atoms with Crippen LogP contribution in [0.25, 0.3) is 0 Å². The van der Waals surface area contributed by atoms with Crippen molar-refractivity contribution >= 4 is 23.6 Å². The number of nitrogens with two attached hydrogens (primary N) is 1. The zero-order valence-electron chi connectivity index (χ0n) is 13.9. The molecule has 1 saturated heterocycles. The van der Waals surface area contributed by atoms with Crippen LogP contribution >= 0.6 is 0 Å². The van der Waals surface area contributed by atoms with Gasteiger partial charge < -0.3 is 15.4 Å². The Labute approximate surface area is 149 Å². The predicted molar refractivity (Wildman–Crippen MR) is 96.5 cm³/mol. The van der Waals surface area contributed by atoms with E-state index in [0.717, 1.165) is 13.1 Å². The average Bonchev–Trinajstić information content (AvgIpc) is 2.69. The molecule has 0 bridgehead atoms. The van der Waals surface area contributed by atoms with Crippen LogP contribution in [0.3, 0.4) is 0 Å². The maximum atomic E-state index is 10.8. The molecule has 0 amide bonds. The largest absolute Gasteiger partial charge is 0.380 e. The van der Waals surface area contributed by atoms with Gasteiger partial charge in [0, 0.05) is 30.8 Å². The molecular weight excluding hydrogens is 338 g/mol. The third-order valence-electron chi connectivity index (χ3n) is 3.67. The first-order valence-corrected chi connectivity index (χ1v) is 7.89. The van der Waals surface area contributed by atoms with E-state index in [9.17, 15) is 10.1 Å². The van der Waals surface area contributed by atoms with Gasteiger partial charge in [-0.1, -0.05) is 12.1 Å². The lowest BCUT2D eigenvalue weighted by Crippen LogP contribution is -2.37. The molecule has 10 nitrogen and oxygen atoms in total. The number of rotatable bonds is 5. The molecule has 134 valence electrons. The molecule has 1 aromatic carbocycles. The maximum absolute atomic E-state index is 10.8. The van der Waals surface area contributed by atoms with Crippen molar-refractivity contribution in [1.29, 1.82) is 0 Å². The van der Waals surface area contributed by atoms with E-state index in [-0.39, 0.29) is 11.5 Å². The highest BCUT2D eigenvalue weighted by molar-refractivity contribution is 5.96. The van der Waals surface area contributed by atoms with Crippen molar-refractivity contribution in [2.24, 2.45) is 15.9 Å². The number of anilines is 1. The average molecular weight is 355 g/mol. The van der Waals surface area contributed by atoms with Crippen LogP contribution in [0.5, 0.6) is 0 Å². The number of amidine groups is 1. The standard InChI is InChI=1S/C16H17N7O3/c17-16(21-19-9-12-2-1-3-13(8-12)23(24)25)14-10-18-11-15(20-14)22-4-6-26-7-5-22/h1-3,8-11H,4-7H2,(H2,17,21)/b19-9+. The maximum Gasteiger partial charge on any atom is 0.270 e. The van der Waals surface area contributed by atoms with Crippen molar-refractivity contribution in [1.82, 2.24) is 9.97 Å². The number of hydrogen-bond acceptors (Lipinski definition) is 8. The van der Waals surface area contributed by atoms with Crippen LogP contribution in [0.1, 0.15) is 11.3 Å². The van der Waals surface area contributed by atoms with Crippen molar-refractivity contribution in [2.75, 3.05) is 31.2 Å². The highest BCUT2D eigenvalue weighted by Crippen LogP contribution is 2.12. The summed E-state index contributed by atoms with van der Waals surface area (Å²) in [4.78, 5) is 20.9. The van der Waals surface area contributed by atoms with Gasteiger partial charge in [0.1, 0.15) is 11.5 Å². The molecule has 0 spiro atoms. The molecule has 0 radical (unpaired) electrons. The van der Waals surface area contributed by atoms with Gasteiger partial charge in [0.2, 0.25) is 0 Å². The zero-order valence-corrected chi connectivity index (χ0v) is 13.9. The van der Waals surface area contributed by atoms with Gasteiger partial charge in [0.05, 0.1) is 36.7 Å². The van der Waals surface area contributed by atoms with Gasteiger partial charge in [0.15, 0.2) is 5.84 Å². The molecule has 2 aromatic rings. The molecule has 0 saturated carbocycles. The molecule has 2 heterocycles. The second-order valence-electron chi connectivity index (χ2n) is 5.44. The molecule has 10 heteroatoms. The minimum Gasteiger partial charge on any atom is -0.380 e. The fourth-order valence-electron chi connectivity index (χ4n) is 2.35. The number of nitro groups is 1. The number of nitrogens with zero attached hydrogens (tertiary/aromatic N) is 6. The quantitative estimate of drug-likeness (QED) is 0.365. The van der Waals surface area contributed by atoms with E-state index in [2.05, 4.69) is 25.1 Å². The second kappa shape index (κ2) is 8.12. The Kier molecular flexibility index (Phi) is 5.44. The van der Waals surface area contributed by atoms with Crippen LogP contribution < -0.4 is 10.6 Å². The summed E-state index contributed by atoms with van der Waals surface area (Å²) in [5.74, 6) is 0.806. The minimum atomic E-state index is -0.471. The van der Waals surface area contributed by atoms with E-state index in [1.54, 1.807) is 18.3 Å². The number of morpholine rings is 1. The van der Waals surface area contributed by atoms with E-state index < -0.39 is 4.92 Å². The van der Waals surface area contributed by atoms with Crippen LogP contribution in [-0.4, -0.2) is 53.2 Å². The summed E-state index contributed by atoms with van der Waals surface area (Å²) in [6.45, 7) is 2.76. The molecule has 0 unspecified atom stereocenters. The van der Waals surface area contributed by atoms with Gasteiger partial charge in [-0.2, -0.15) is 5.10 Å². The molecule has 2 N–H and O–H groups in total. The van der Waals surface area contributed by atoms with Gasteiger partial charge in [-0.05, 0) is 0 Å². The lowest BCUT2D eigenvalue weighted by atomic mass is 10.2. The Bertz CT molecular complexity index is 847. The van der Waals surface area contributed by atoms with Crippen LogP contribution in [0.4, 0.5) is 11.5 Å². The van der Waals surface area contributed by atoms with Crippen LogP contribution in [0.15, 0.2) is 46.9 Å². The Morgan fingerprint density at radius 2 is 2.15 bits per heavy atom. The molecular formula is C16H17N7O3. The Balaban J connectivity index is 1.73. The number of aromatic nitrogens is 2. The fraction of sp³-hybridized carbons (Fsp3) is 0.250. The third-order valence-corrected chi connectivity index (χ3v) is 3.67. The summed E-state index contributed by atoms with van der Waals surface area (Å²) in [6.07, 6.45) is 4.55. The van der Waals surface area contributed by atoms with Gasteiger partial charge >= 0.3 is 0 Å². The highest BCUT2D eigenvalue weighted by atomic mass is 16.6. The van der Waals surface area contributed by atoms with Gasteiger partial charge in [-0.25, -0.2) is 4.98 Å². The molecule has 1 fully saturated rings. The first-order chi connectivity index (χ1) is 12.6. The minimum absolute atomic E-state index is 0.0185. The van der Waals surface area contributed by atoms with E-state index >= 15 is 0 Å². The van der Waals surface area contributed by atoms with E-state index in [4.69, 9.17) is 10.5 Å². The first-order valence-electron chi connectivity index (χ1n) is 7.89. The number of benzene rings is 1. The summed E-state index contributed by atoms with van der Waals surface area (Å²) >= 11 is 0.